The zero-order chi connectivity index (χ0) is 12.0. The topological polar surface area (TPSA) is 37.8 Å². The maximum atomic E-state index is 4.18. The summed E-state index contributed by atoms with van der Waals surface area (Å²) >= 11 is 1.54. The van der Waals surface area contributed by atoms with Crippen molar-refractivity contribution in [3.8, 4) is 0 Å². The molecule has 0 saturated heterocycles. The summed E-state index contributed by atoms with van der Waals surface area (Å²) in [6.07, 6.45) is 4.73. The Labute approximate surface area is 103 Å². The van der Waals surface area contributed by atoms with Gasteiger partial charge in [-0.1, -0.05) is 38.1 Å². The zero-order valence-corrected chi connectivity index (χ0v) is 11.6. The summed E-state index contributed by atoms with van der Waals surface area (Å²) < 4.78 is 4.06. The second kappa shape index (κ2) is 6.97. The highest BCUT2D eigenvalue weighted by Gasteiger charge is 2.16. The van der Waals surface area contributed by atoms with Gasteiger partial charge in [0.25, 0.3) is 0 Å². The van der Waals surface area contributed by atoms with E-state index >= 15 is 0 Å². The van der Waals surface area contributed by atoms with Crippen molar-refractivity contribution >= 4 is 11.5 Å². The van der Waals surface area contributed by atoms with Gasteiger partial charge >= 0.3 is 0 Å². The number of aryl methyl sites for hydroxylation is 1. The van der Waals surface area contributed by atoms with Crippen LogP contribution in [0, 0.1) is 5.92 Å². The molecule has 0 fully saturated rings. The van der Waals surface area contributed by atoms with E-state index in [2.05, 4.69) is 35.7 Å². The van der Waals surface area contributed by atoms with Crippen LogP contribution in [-0.2, 0) is 6.42 Å². The lowest BCUT2D eigenvalue weighted by Gasteiger charge is -2.15. The van der Waals surface area contributed by atoms with E-state index in [1.165, 1.54) is 24.1 Å². The van der Waals surface area contributed by atoms with Gasteiger partial charge in [-0.25, -0.2) is 0 Å². The van der Waals surface area contributed by atoms with E-state index in [-0.39, 0.29) is 0 Å². The summed E-state index contributed by atoms with van der Waals surface area (Å²) in [7, 11) is 2.03. The van der Waals surface area contributed by atoms with E-state index in [1.54, 1.807) is 11.5 Å². The van der Waals surface area contributed by atoms with Crippen LogP contribution in [0.15, 0.2) is 0 Å². The molecule has 0 saturated carbocycles. The molecule has 1 aromatic rings. The molecule has 0 aliphatic heterocycles. The predicted molar refractivity (Wildman–Crippen MR) is 69.8 cm³/mol. The first-order valence-electron chi connectivity index (χ1n) is 6.17. The van der Waals surface area contributed by atoms with Gasteiger partial charge in [0.05, 0.1) is 10.6 Å². The predicted octanol–water partition coefficient (Wildman–Crippen LogP) is 3.19. The summed E-state index contributed by atoms with van der Waals surface area (Å²) in [5.41, 5.74) is 1.16. The molecule has 1 unspecified atom stereocenters. The van der Waals surface area contributed by atoms with Gasteiger partial charge in [-0.2, -0.15) is 0 Å². The second-order valence-electron chi connectivity index (χ2n) is 4.60. The first kappa shape index (κ1) is 13.6. The normalized spacial score (nSPS) is 13.3. The second-order valence-corrected chi connectivity index (χ2v) is 5.39. The van der Waals surface area contributed by atoms with Gasteiger partial charge in [0.15, 0.2) is 0 Å². The van der Waals surface area contributed by atoms with Gasteiger partial charge in [0, 0.05) is 6.04 Å². The lowest BCUT2D eigenvalue weighted by atomic mass is 10.0. The standard InChI is InChI=1S/C12H23N3S/c1-5-10-12(16-15-14-10)11(13-4)8-6-7-9(2)3/h9,11,13H,5-8H2,1-4H3. The molecule has 0 aliphatic rings. The molecule has 0 bridgehead atoms. The van der Waals surface area contributed by atoms with Crippen LogP contribution in [0.2, 0.25) is 0 Å². The molecular weight excluding hydrogens is 218 g/mol. The van der Waals surface area contributed by atoms with Crippen molar-refractivity contribution in [2.75, 3.05) is 7.05 Å². The highest BCUT2D eigenvalue weighted by molar-refractivity contribution is 7.05. The Kier molecular flexibility index (Phi) is 5.91. The average molecular weight is 241 g/mol. The van der Waals surface area contributed by atoms with Crippen molar-refractivity contribution in [2.24, 2.45) is 5.92 Å². The Morgan fingerprint density at radius 2 is 2.06 bits per heavy atom. The van der Waals surface area contributed by atoms with Crippen LogP contribution in [0.3, 0.4) is 0 Å². The number of rotatable bonds is 7. The molecule has 1 heterocycles. The number of aromatic nitrogens is 2. The van der Waals surface area contributed by atoms with Gasteiger partial charge in [0.2, 0.25) is 0 Å². The molecule has 4 heteroatoms. The van der Waals surface area contributed by atoms with Crippen molar-refractivity contribution in [1.29, 1.82) is 0 Å². The van der Waals surface area contributed by atoms with Crippen LogP contribution < -0.4 is 5.32 Å². The van der Waals surface area contributed by atoms with Crippen LogP contribution in [0.4, 0.5) is 0 Å². The van der Waals surface area contributed by atoms with E-state index in [0.717, 1.165) is 18.0 Å². The van der Waals surface area contributed by atoms with Crippen molar-refractivity contribution in [2.45, 2.75) is 52.5 Å². The molecule has 1 rings (SSSR count). The lowest BCUT2D eigenvalue weighted by molar-refractivity contribution is 0.472. The number of nitrogens with one attached hydrogen (secondary N) is 1. The van der Waals surface area contributed by atoms with Gasteiger partial charge < -0.3 is 5.32 Å². The zero-order valence-electron chi connectivity index (χ0n) is 10.8. The summed E-state index contributed by atoms with van der Waals surface area (Å²) in [4.78, 5) is 1.33. The third-order valence-corrected chi connectivity index (χ3v) is 3.74. The molecule has 1 N–H and O–H groups in total. The third kappa shape index (κ3) is 3.83. The first-order chi connectivity index (χ1) is 7.69. The molecule has 3 nitrogen and oxygen atoms in total. The van der Waals surface area contributed by atoms with E-state index in [9.17, 15) is 0 Å². The fourth-order valence-electron chi connectivity index (χ4n) is 1.86. The molecule has 16 heavy (non-hydrogen) atoms. The molecule has 0 aromatic carbocycles. The molecule has 92 valence electrons. The van der Waals surface area contributed by atoms with E-state index in [1.807, 2.05) is 7.05 Å². The van der Waals surface area contributed by atoms with Crippen LogP contribution >= 0.6 is 11.5 Å². The quantitative estimate of drug-likeness (QED) is 0.796. The average Bonchev–Trinajstić information content (AvgIpc) is 2.72. The number of hydrogen-bond acceptors (Lipinski definition) is 4. The largest absolute Gasteiger partial charge is 0.312 e. The SMILES string of the molecule is CCc1nnsc1C(CCCC(C)C)NC. The van der Waals surface area contributed by atoms with Gasteiger partial charge in [-0.05, 0) is 37.3 Å². The van der Waals surface area contributed by atoms with Gasteiger partial charge in [-0.15, -0.1) is 5.10 Å². The van der Waals surface area contributed by atoms with Crippen LogP contribution in [0.5, 0.6) is 0 Å². The summed E-state index contributed by atoms with van der Waals surface area (Å²) in [5.74, 6) is 0.794. The maximum Gasteiger partial charge on any atom is 0.0800 e. The minimum absolute atomic E-state index is 0.439. The molecule has 0 spiro atoms. The maximum absolute atomic E-state index is 4.18. The smallest absolute Gasteiger partial charge is 0.0800 e. The molecular formula is C12H23N3S. The van der Waals surface area contributed by atoms with Crippen LogP contribution in [-0.4, -0.2) is 16.6 Å². The Hall–Kier alpha value is -0.480. The van der Waals surface area contributed by atoms with Gasteiger partial charge in [-0.3, -0.25) is 0 Å². The number of hydrogen-bond donors (Lipinski definition) is 1. The van der Waals surface area contributed by atoms with Crippen LogP contribution in [0.25, 0.3) is 0 Å². The van der Waals surface area contributed by atoms with Crippen molar-refractivity contribution in [3.05, 3.63) is 10.6 Å². The highest BCUT2D eigenvalue weighted by atomic mass is 32.1. The minimum atomic E-state index is 0.439. The lowest BCUT2D eigenvalue weighted by Crippen LogP contribution is -2.16. The van der Waals surface area contributed by atoms with E-state index in [0.29, 0.717) is 6.04 Å². The molecule has 0 aliphatic carbocycles. The molecule has 1 atom stereocenters. The van der Waals surface area contributed by atoms with Crippen molar-refractivity contribution in [1.82, 2.24) is 14.9 Å². The molecule has 1 aromatic heterocycles. The Morgan fingerprint density at radius 1 is 1.31 bits per heavy atom. The summed E-state index contributed by atoms with van der Waals surface area (Å²) in [5, 5.41) is 7.56. The Bertz CT molecular complexity index is 296. The molecule has 0 radical (unpaired) electrons. The fourth-order valence-corrected chi connectivity index (χ4v) is 2.74. The summed E-state index contributed by atoms with van der Waals surface area (Å²) in [6, 6.07) is 0.439. The Balaban J connectivity index is 2.53. The van der Waals surface area contributed by atoms with E-state index < -0.39 is 0 Å². The van der Waals surface area contributed by atoms with Crippen LogP contribution in [0.1, 0.15) is 56.6 Å². The highest BCUT2D eigenvalue weighted by Crippen LogP contribution is 2.25. The first-order valence-corrected chi connectivity index (χ1v) is 6.94. The monoisotopic (exact) mass is 241 g/mol. The fraction of sp³-hybridized carbons (Fsp3) is 0.833. The molecule has 0 amide bonds. The Morgan fingerprint density at radius 3 is 2.62 bits per heavy atom. The van der Waals surface area contributed by atoms with Crippen molar-refractivity contribution in [3.63, 3.8) is 0 Å². The summed E-state index contributed by atoms with van der Waals surface area (Å²) in [6.45, 7) is 6.70. The van der Waals surface area contributed by atoms with Gasteiger partial charge in [0.1, 0.15) is 0 Å². The van der Waals surface area contributed by atoms with E-state index in [4.69, 9.17) is 0 Å². The van der Waals surface area contributed by atoms with Crippen molar-refractivity contribution < 1.29 is 0 Å². The minimum Gasteiger partial charge on any atom is -0.312 e. The number of nitrogens with zero attached hydrogens (tertiary/aromatic N) is 2. The third-order valence-electron chi connectivity index (χ3n) is 2.86.